The number of rotatable bonds is 6. The van der Waals surface area contributed by atoms with E-state index in [0.29, 0.717) is 23.4 Å². The van der Waals surface area contributed by atoms with Crippen LogP contribution in [0.1, 0.15) is 33.0 Å². The van der Waals surface area contributed by atoms with Crippen molar-refractivity contribution in [3.8, 4) is 6.07 Å². The number of nitrogens with zero attached hydrogens (tertiary/aromatic N) is 3. The van der Waals surface area contributed by atoms with E-state index in [-0.39, 0.29) is 16.6 Å². The highest BCUT2D eigenvalue weighted by molar-refractivity contribution is 8.00. The highest BCUT2D eigenvalue weighted by atomic mass is 32.2. The molecule has 0 atom stereocenters. The van der Waals surface area contributed by atoms with Gasteiger partial charge in [0.25, 0.3) is 0 Å². The van der Waals surface area contributed by atoms with Gasteiger partial charge in [-0.2, -0.15) is 10.2 Å². The molecule has 0 aliphatic rings. The summed E-state index contributed by atoms with van der Waals surface area (Å²) in [5, 5.41) is 9.48. The van der Waals surface area contributed by atoms with Crippen LogP contribution in [-0.4, -0.2) is 26.1 Å². The normalized spacial score (nSPS) is 10.4. The summed E-state index contributed by atoms with van der Waals surface area (Å²) in [7, 11) is 0. The van der Waals surface area contributed by atoms with Crippen LogP contribution >= 0.6 is 11.8 Å². The van der Waals surface area contributed by atoms with E-state index in [1.165, 1.54) is 0 Å². The molecule has 0 aliphatic carbocycles. The van der Waals surface area contributed by atoms with Gasteiger partial charge in [0.05, 0.1) is 5.75 Å². The van der Waals surface area contributed by atoms with Crippen molar-refractivity contribution in [1.29, 1.82) is 5.26 Å². The van der Waals surface area contributed by atoms with Crippen molar-refractivity contribution in [2.75, 3.05) is 5.75 Å². The number of carbonyl (C=O) groups excluding carboxylic acids is 1. The van der Waals surface area contributed by atoms with E-state index in [4.69, 9.17) is 0 Å². The maximum absolute atomic E-state index is 12.5. The summed E-state index contributed by atoms with van der Waals surface area (Å²) < 4.78 is 2.02. The Morgan fingerprint density at radius 1 is 1.50 bits per heavy atom. The zero-order valence-corrected chi connectivity index (χ0v) is 14.7. The fourth-order valence-corrected chi connectivity index (χ4v) is 3.41. The van der Waals surface area contributed by atoms with Crippen LogP contribution in [0.5, 0.6) is 0 Å². The van der Waals surface area contributed by atoms with E-state index in [1.807, 2.05) is 30.6 Å². The number of aryl methyl sites for hydroxylation is 2. The van der Waals surface area contributed by atoms with Crippen LogP contribution in [0.25, 0.3) is 0 Å². The number of hydrogen-bond donors (Lipinski definition) is 1. The van der Waals surface area contributed by atoms with Crippen LogP contribution in [0.2, 0.25) is 0 Å². The third kappa shape index (κ3) is 3.49. The van der Waals surface area contributed by atoms with Gasteiger partial charge in [-0.3, -0.25) is 4.79 Å². The fraction of sp³-hybridized carbons (Fsp3) is 0.294. The van der Waals surface area contributed by atoms with Crippen LogP contribution < -0.4 is 5.69 Å². The molecule has 0 bridgehead atoms. The summed E-state index contributed by atoms with van der Waals surface area (Å²) in [6.45, 7) is 9.84. The molecular formula is C17H18N4O2S. The van der Waals surface area contributed by atoms with Gasteiger partial charge in [0.1, 0.15) is 16.7 Å². The third-order valence-corrected chi connectivity index (χ3v) is 4.70. The van der Waals surface area contributed by atoms with Gasteiger partial charge < -0.3 is 9.55 Å². The molecule has 2 rings (SSSR count). The van der Waals surface area contributed by atoms with E-state index in [1.54, 1.807) is 13.0 Å². The van der Waals surface area contributed by atoms with Gasteiger partial charge in [-0.05, 0) is 26.8 Å². The zero-order valence-electron chi connectivity index (χ0n) is 13.8. The Morgan fingerprint density at radius 3 is 2.83 bits per heavy atom. The second-order valence-corrected chi connectivity index (χ2v) is 6.32. The Morgan fingerprint density at radius 2 is 2.21 bits per heavy atom. The third-order valence-electron chi connectivity index (χ3n) is 3.72. The maximum Gasteiger partial charge on any atom is 0.346 e. The highest BCUT2D eigenvalue weighted by Gasteiger charge is 2.17. The monoisotopic (exact) mass is 342 g/mol. The second kappa shape index (κ2) is 7.32. The van der Waals surface area contributed by atoms with Gasteiger partial charge in [0.2, 0.25) is 0 Å². The molecule has 6 nitrogen and oxygen atoms in total. The molecule has 24 heavy (non-hydrogen) atoms. The number of aromatic nitrogens is 3. The lowest BCUT2D eigenvalue weighted by Crippen LogP contribution is -2.15. The van der Waals surface area contributed by atoms with Gasteiger partial charge in [-0.25, -0.2) is 4.79 Å². The molecule has 1 N–H and O–H groups in total. The number of ketones is 1. The quantitative estimate of drug-likeness (QED) is 0.377. The topological polar surface area (TPSA) is 91.5 Å². The number of nitriles is 1. The standard InChI is InChI=1S/C17H18N4O2S/c1-5-6-21-10(2)7-13(12(21)4)15(22)9-24-16-14(8-18)11(3)19-17(23)20-16/h5,7H,1,6,9H2,2-4H3,(H,19,20,23). The van der Waals surface area contributed by atoms with E-state index < -0.39 is 5.69 Å². The van der Waals surface area contributed by atoms with Crippen LogP contribution in [0.3, 0.4) is 0 Å². The minimum absolute atomic E-state index is 0.0629. The molecule has 0 saturated heterocycles. The summed E-state index contributed by atoms with van der Waals surface area (Å²) in [5.41, 5.74) is 2.74. The molecule has 0 unspecified atom stereocenters. The van der Waals surface area contributed by atoms with Crippen molar-refractivity contribution < 1.29 is 4.79 Å². The Hall–Kier alpha value is -2.59. The van der Waals surface area contributed by atoms with Gasteiger partial charge in [0, 0.05) is 29.2 Å². The lowest BCUT2D eigenvalue weighted by molar-refractivity contribution is 0.102. The zero-order chi connectivity index (χ0) is 17.9. The van der Waals surface area contributed by atoms with Crippen molar-refractivity contribution in [1.82, 2.24) is 14.5 Å². The minimum Gasteiger partial charge on any atom is -0.345 e. The van der Waals surface area contributed by atoms with E-state index in [9.17, 15) is 14.9 Å². The van der Waals surface area contributed by atoms with Crippen molar-refractivity contribution in [2.24, 2.45) is 0 Å². The molecule has 0 saturated carbocycles. The largest absolute Gasteiger partial charge is 0.346 e. The molecule has 2 aromatic heterocycles. The fourth-order valence-electron chi connectivity index (χ4n) is 2.50. The van der Waals surface area contributed by atoms with Gasteiger partial charge in [0.15, 0.2) is 5.78 Å². The van der Waals surface area contributed by atoms with Crippen molar-refractivity contribution in [2.45, 2.75) is 32.3 Å². The molecule has 0 fully saturated rings. The molecule has 0 aromatic carbocycles. The first kappa shape index (κ1) is 17.8. The number of hydrogen-bond acceptors (Lipinski definition) is 5. The number of nitrogens with one attached hydrogen (secondary N) is 1. The first-order valence-electron chi connectivity index (χ1n) is 7.33. The average Bonchev–Trinajstić information content (AvgIpc) is 2.81. The first-order valence-corrected chi connectivity index (χ1v) is 8.32. The molecule has 2 heterocycles. The minimum atomic E-state index is -0.523. The van der Waals surface area contributed by atoms with Crippen LogP contribution in [0, 0.1) is 32.1 Å². The van der Waals surface area contributed by atoms with E-state index >= 15 is 0 Å². The predicted octanol–water partition coefficient (Wildman–Crippen LogP) is 2.53. The molecule has 0 aliphatic heterocycles. The SMILES string of the molecule is C=CCn1c(C)cc(C(=O)CSc2nc(=O)[nH]c(C)c2C#N)c1C. The van der Waals surface area contributed by atoms with Crippen molar-refractivity contribution in [3.05, 3.63) is 57.4 Å². The van der Waals surface area contributed by atoms with Crippen LogP contribution in [-0.2, 0) is 6.54 Å². The molecule has 2 aromatic rings. The lowest BCUT2D eigenvalue weighted by Gasteiger charge is -2.07. The maximum atomic E-state index is 12.5. The van der Waals surface area contributed by atoms with E-state index in [2.05, 4.69) is 16.5 Å². The summed E-state index contributed by atoms with van der Waals surface area (Å²) in [6.07, 6.45) is 1.78. The number of allylic oxidation sites excluding steroid dienone is 1. The summed E-state index contributed by atoms with van der Waals surface area (Å²) in [4.78, 5) is 30.3. The van der Waals surface area contributed by atoms with Gasteiger partial charge in [-0.15, -0.1) is 6.58 Å². The summed E-state index contributed by atoms with van der Waals surface area (Å²) >= 11 is 1.11. The molecule has 0 radical (unpaired) electrons. The number of H-pyrrole nitrogens is 1. The number of aromatic amines is 1. The van der Waals surface area contributed by atoms with Crippen LogP contribution in [0.4, 0.5) is 0 Å². The molecule has 7 heteroatoms. The number of Topliss-reactive ketones (excluding diaryl/α,β-unsaturated/α-hetero) is 1. The Balaban J connectivity index is 2.24. The number of carbonyl (C=O) groups is 1. The van der Waals surface area contributed by atoms with Crippen LogP contribution in [0.15, 0.2) is 28.5 Å². The predicted molar refractivity (Wildman–Crippen MR) is 93.5 cm³/mol. The van der Waals surface area contributed by atoms with Crippen molar-refractivity contribution in [3.63, 3.8) is 0 Å². The molecular weight excluding hydrogens is 324 g/mol. The average molecular weight is 342 g/mol. The molecule has 124 valence electrons. The highest BCUT2D eigenvalue weighted by Crippen LogP contribution is 2.23. The smallest absolute Gasteiger partial charge is 0.345 e. The summed E-state index contributed by atoms with van der Waals surface area (Å²) in [6, 6.07) is 3.87. The Bertz CT molecular complexity index is 903. The lowest BCUT2D eigenvalue weighted by atomic mass is 10.2. The number of thioether (sulfide) groups is 1. The van der Waals surface area contributed by atoms with Crippen molar-refractivity contribution >= 4 is 17.5 Å². The second-order valence-electron chi connectivity index (χ2n) is 5.35. The van der Waals surface area contributed by atoms with Gasteiger partial charge >= 0.3 is 5.69 Å². The summed E-state index contributed by atoms with van der Waals surface area (Å²) in [5.74, 6) is 0.0511. The van der Waals surface area contributed by atoms with E-state index in [0.717, 1.165) is 23.1 Å². The van der Waals surface area contributed by atoms with Gasteiger partial charge in [-0.1, -0.05) is 17.8 Å². The first-order chi connectivity index (χ1) is 11.4. The Labute approximate surface area is 144 Å². The molecule has 0 spiro atoms. The molecule has 0 amide bonds. The Kier molecular flexibility index (Phi) is 5.42.